The monoisotopic (exact) mass is 303 g/mol. The van der Waals surface area contributed by atoms with Crippen LogP contribution in [0.3, 0.4) is 0 Å². The number of anilines is 1. The lowest BCUT2D eigenvalue weighted by Gasteiger charge is -2.12. The number of aromatic nitrogens is 3. The molecule has 0 atom stereocenters. The summed E-state index contributed by atoms with van der Waals surface area (Å²) >= 11 is 6.18. The Bertz CT molecular complexity index is 703. The number of halogens is 1. The van der Waals surface area contributed by atoms with Crippen LogP contribution in [0.25, 0.3) is 0 Å². The topological polar surface area (TPSA) is 63.1 Å². The Morgan fingerprint density at radius 3 is 3.05 bits per heavy atom. The first-order valence-electron chi connectivity index (χ1n) is 6.96. The third kappa shape index (κ3) is 2.06. The van der Waals surface area contributed by atoms with Gasteiger partial charge in [-0.25, -0.2) is 4.68 Å². The molecule has 1 amide bonds. The van der Waals surface area contributed by atoms with Gasteiger partial charge in [0.05, 0.1) is 0 Å². The van der Waals surface area contributed by atoms with Gasteiger partial charge in [-0.2, -0.15) is 4.98 Å². The van der Waals surface area contributed by atoms with E-state index in [-0.39, 0.29) is 11.7 Å². The van der Waals surface area contributed by atoms with Crippen molar-refractivity contribution in [2.45, 2.75) is 26.1 Å². The van der Waals surface area contributed by atoms with Gasteiger partial charge in [0.15, 0.2) is 0 Å². The van der Waals surface area contributed by atoms with Crippen molar-refractivity contribution in [1.82, 2.24) is 19.7 Å². The Kier molecular flexibility index (Phi) is 2.85. The van der Waals surface area contributed by atoms with E-state index in [4.69, 9.17) is 11.6 Å². The fraction of sp³-hybridized carbons (Fsp3) is 0.357. The largest absolute Gasteiger partial charge is 0.354 e. The first kappa shape index (κ1) is 12.6. The lowest BCUT2D eigenvalue weighted by Crippen LogP contribution is -2.26. The first-order valence-corrected chi connectivity index (χ1v) is 7.34. The van der Waals surface area contributed by atoms with Crippen LogP contribution in [-0.4, -0.2) is 32.1 Å². The number of fused-ring (bicyclic) bond motifs is 2. The Hall–Kier alpha value is -2.08. The number of hydrogen-bond donors (Lipinski definition) is 1. The number of hydrogen-bond acceptors (Lipinski definition) is 4. The predicted octanol–water partition coefficient (Wildman–Crippen LogP) is 1.90. The number of carbonyl (C=O) groups is 1. The lowest BCUT2D eigenvalue weighted by atomic mass is 10.1. The van der Waals surface area contributed by atoms with Crippen LogP contribution in [0.1, 0.15) is 28.2 Å². The van der Waals surface area contributed by atoms with Crippen molar-refractivity contribution in [2.24, 2.45) is 0 Å². The molecule has 2 aliphatic heterocycles. The molecule has 0 fully saturated rings. The fourth-order valence-corrected chi connectivity index (χ4v) is 3.07. The summed E-state index contributed by atoms with van der Waals surface area (Å²) in [7, 11) is 0. The smallest absolute Gasteiger partial charge is 0.294 e. The molecule has 3 heterocycles. The van der Waals surface area contributed by atoms with Crippen molar-refractivity contribution < 1.29 is 4.79 Å². The molecule has 108 valence electrons. The van der Waals surface area contributed by atoms with E-state index in [2.05, 4.69) is 15.4 Å². The van der Waals surface area contributed by atoms with E-state index in [1.165, 1.54) is 0 Å². The maximum Gasteiger partial charge on any atom is 0.294 e. The van der Waals surface area contributed by atoms with Crippen molar-refractivity contribution in [1.29, 1.82) is 0 Å². The van der Waals surface area contributed by atoms with Gasteiger partial charge in [-0.05, 0) is 23.6 Å². The molecule has 0 spiro atoms. The van der Waals surface area contributed by atoms with Gasteiger partial charge >= 0.3 is 0 Å². The van der Waals surface area contributed by atoms with Crippen LogP contribution in [0.2, 0.25) is 5.02 Å². The zero-order valence-electron chi connectivity index (χ0n) is 11.3. The number of amides is 1. The summed E-state index contributed by atoms with van der Waals surface area (Å²) in [6.07, 6.45) is 0.995. The average molecular weight is 304 g/mol. The van der Waals surface area contributed by atoms with E-state index in [1.807, 2.05) is 18.2 Å². The highest BCUT2D eigenvalue weighted by Gasteiger charge is 2.29. The molecule has 0 saturated carbocycles. The number of nitrogens with one attached hydrogen (secondary N) is 1. The number of rotatable bonds is 1. The van der Waals surface area contributed by atoms with Crippen molar-refractivity contribution in [3.8, 4) is 0 Å². The summed E-state index contributed by atoms with van der Waals surface area (Å²) in [4.78, 5) is 18.6. The second-order valence-electron chi connectivity index (χ2n) is 5.30. The molecule has 6 nitrogen and oxygen atoms in total. The Balaban J connectivity index is 1.59. The maximum atomic E-state index is 12.6. The van der Waals surface area contributed by atoms with E-state index in [0.717, 1.165) is 30.6 Å². The molecule has 1 aromatic heterocycles. The SMILES string of the molecule is O=C(c1nc2n(n1)CCCN2)N1Cc2cccc(Cl)c2C1. The van der Waals surface area contributed by atoms with Crippen LogP contribution >= 0.6 is 11.6 Å². The van der Waals surface area contributed by atoms with E-state index in [1.54, 1.807) is 9.58 Å². The summed E-state index contributed by atoms with van der Waals surface area (Å²) in [6, 6.07) is 5.76. The highest BCUT2D eigenvalue weighted by Crippen LogP contribution is 2.29. The zero-order chi connectivity index (χ0) is 14.4. The van der Waals surface area contributed by atoms with Crippen LogP contribution in [-0.2, 0) is 19.6 Å². The number of aryl methyl sites for hydroxylation is 1. The minimum Gasteiger partial charge on any atom is -0.354 e. The molecule has 4 rings (SSSR count). The standard InChI is InChI=1S/C14H14ClN5O/c15-11-4-1-3-9-7-19(8-10(9)11)13(21)12-17-14-16-5-2-6-20(14)18-12/h1,3-4H,2,5-8H2,(H,16,17,18). The molecule has 7 heteroatoms. The molecule has 0 bridgehead atoms. The van der Waals surface area contributed by atoms with Gasteiger partial charge in [-0.1, -0.05) is 23.7 Å². The molecule has 21 heavy (non-hydrogen) atoms. The molecule has 2 aliphatic rings. The summed E-state index contributed by atoms with van der Waals surface area (Å²) in [5.41, 5.74) is 2.12. The van der Waals surface area contributed by atoms with Crippen LogP contribution in [0.15, 0.2) is 18.2 Å². The Labute approximate surface area is 126 Å². The number of carbonyl (C=O) groups excluding carboxylic acids is 1. The van der Waals surface area contributed by atoms with Gasteiger partial charge in [0.1, 0.15) is 0 Å². The quantitative estimate of drug-likeness (QED) is 0.874. The van der Waals surface area contributed by atoms with E-state index >= 15 is 0 Å². The third-order valence-electron chi connectivity index (χ3n) is 3.91. The van der Waals surface area contributed by atoms with E-state index in [9.17, 15) is 4.79 Å². The zero-order valence-corrected chi connectivity index (χ0v) is 12.1. The third-order valence-corrected chi connectivity index (χ3v) is 4.26. The molecule has 0 radical (unpaired) electrons. The predicted molar refractivity (Wildman–Crippen MR) is 78.2 cm³/mol. The summed E-state index contributed by atoms with van der Waals surface area (Å²) in [5.74, 6) is 0.786. The summed E-state index contributed by atoms with van der Waals surface area (Å²) < 4.78 is 1.76. The van der Waals surface area contributed by atoms with Crippen LogP contribution in [0.5, 0.6) is 0 Å². The van der Waals surface area contributed by atoms with Crippen molar-refractivity contribution >= 4 is 23.5 Å². The molecule has 0 unspecified atom stereocenters. The molecular formula is C14H14ClN5O. The van der Waals surface area contributed by atoms with E-state index in [0.29, 0.717) is 24.1 Å². The van der Waals surface area contributed by atoms with Crippen LogP contribution < -0.4 is 5.32 Å². The van der Waals surface area contributed by atoms with Crippen LogP contribution in [0.4, 0.5) is 5.95 Å². The molecular weight excluding hydrogens is 290 g/mol. The van der Waals surface area contributed by atoms with Gasteiger partial charge < -0.3 is 10.2 Å². The lowest BCUT2D eigenvalue weighted by molar-refractivity contribution is 0.0738. The van der Waals surface area contributed by atoms with Crippen molar-refractivity contribution in [3.05, 3.63) is 40.2 Å². The number of nitrogens with zero attached hydrogens (tertiary/aromatic N) is 4. The molecule has 0 aliphatic carbocycles. The summed E-state index contributed by atoms with van der Waals surface area (Å²) in [5, 5.41) is 8.16. The molecule has 1 N–H and O–H groups in total. The second-order valence-corrected chi connectivity index (χ2v) is 5.71. The normalized spacial score (nSPS) is 16.3. The average Bonchev–Trinajstić information content (AvgIpc) is 3.11. The van der Waals surface area contributed by atoms with Crippen LogP contribution in [0, 0.1) is 0 Å². The number of benzene rings is 1. The Morgan fingerprint density at radius 2 is 2.24 bits per heavy atom. The highest BCUT2D eigenvalue weighted by atomic mass is 35.5. The van der Waals surface area contributed by atoms with Crippen molar-refractivity contribution in [3.63, 3.8) is 0 Å². The van der Waals surface area contributed by atoms with Gasteiger partial charge in [0.25, 0.3) is 5.91 Å². The fourth-order valence-electron chi connectivity index (χ4n) is 2.81. The minimum atomic E-state index is -0.147. The van der Waals surface area contributed by atoms with Crippen molar-refractivity contribution in [2.75, 3.05) is 11.9 Å². The molecule has 2 aromatic rings. The molecule has 0 saturated heterocycles. The van der Waals surface area contributed by atoms with Gasteiger partial charge in [-0.3, -0.25) is 4.79 Å². The highest BCUT2D eigenvalue weighted by molar-refractivity contribution is 6.31. The first-order chi connectivity index (χ1) is 10.2. The van der Waals surface area contributed by atoms with E-state index < -0.39 is 0 Å². The molecule has 1 aromatic carbocycles. The maximum absolute atomic E-state index is 12.6. The summed E-state index contributed by atoms with van der Waals surface area (Å²) in [6.45, 7) is 2.75. The minimum absolute atomic E-state index is 0.147. The van der Waals surface area contributed by atoms with Gasteiger partial charge in [0, 0.05) is 31.2 Å². The Morgan fingerprint density at radius 1 is 1.33 bits per heavy atom. The second kappa shape index (κ2) is 4.73. The van der Waals surface area contributed by atoms with Gasteiger partial charge in [-0.15, -0.1) is 5.10 Å². The van der Waals surface area contributed by atoms with Gasteiger partial charge in [0.2, 0.25) is 11.8 Å².